The molecule has 4 atom stereocenters. The van der Waals surface area contributed by atoms with Gasteiger partial charge >= 0.3 is 0 Å². The number of nitrogens with one attached hydrogen (secondary N) is 4. The van der Waals surface area contributed by atoms with Crippen LogP contribution in [0.3, 0.4) is 0 Å². The summed E-state index contributed by atoms with van der Waals surface area (Å²) in [7, 11) is 10.3. The minimum Gasteiger partial charge on any atom is -0.481 e. The summed E-state index contributed by atoms with van der Waals surface area (Å²) in [5.41, 5.74) is 4.22. The molecule has 0 saturated heterocycles. The number of nitrogens with zero attached hydrogens (tertiary/aromatic N) is 2. The van der Waals surface area contributed by atoms with Gasteiger partial charge in [0.15, 0.2) is 0 Å². The zero-order chi connectivity index (χ0) is 54.2. The number of amides is 4. The molecule has 1 saturated carbocycles. The van der Waals surface area contributed by atoms with E-state index in [4.69, 9.17) is 30.8 Å². The van der Waals surface area contributed by atoms with Crippen molar-refractivity contribution in [3.8, 4) is 0 Å². The Morgan fingerprint density at radius 1 is 0.553 bits per heavy atom. The smallest absolute Gasteiger partial charge is 0.300 e. The third-order valence-corrected chi connectivity index (χ3v) is 7.47. The Bertz CT molecular complexity index is 1380. The summed E-state index contributed by atoms with van der Waals surface area (Å²) in [6.45, 7) is 26.5. The van der Waals surface area contributed by atoms with Gasteiger partial charge in [0.1, 0.15) is 0 Å². The van der Waals surface area contributed by atoms with Crippen molar-refractivity contribution >= 4 is 59.9 Å². The second kappa shape index (κ2) is 103. The van der Waals surface area contributed by atoms with E-state index >= 15 is 0 Å². The summed E-state index contributed by atoms with van der Waals surface area (Å²) >= 11 is 0. The van der Waals surface area contributed by atoms with Crippen molar-refractivity contribution in [2.45, 2.75) is 132 Å². The second-order valence-electron chi connectivity index (χ2n) is 12.9. The fourth-order valence-corrected chi connectivity index (χ4v) is 4.03. The summed E-state index contributed by atoms with van der Waals surface area (Å²) in [6.07, 6.45) is 2.84. The number of carbonyl (C=O) groups excluding carboxylic acids is 6. The Balaban J connectivity index is -0.0000000266. The van der Waals surface area contributed by atoms with Crippen molar-refractivity contribution in [2.75, 3.05) is 42.4 Å². The van der Waals surface area contributed by atoms with E-state index in [1.165, 1.54) is 73.3 Å². The van der Waals surface area contributed by atoms with Crippen LogP contribution >= 0.6 is 0 Å². The number of ether oxygens (including phenoxy) is 2. The maximum Gasteiger partial charge on any atom is 0.300 e. The standard InChI is InChI=1S/C14H14N2.C10H20.4C3H7NO.4C2H4O2.C2H6.3CH4.7H2O.2Y/c1-11-3-7-13(8-4-11)15-16-14-9-5-12(2)6-10-14;1-5-10-8(3)6-7(2)9(10)4;4*1-3(5)4-2;2*1-4-2-3;2*1-2(3)4;1-2;;;;;;;;;;;;/h3-10H,1-2H3;7-10H,5-6H2,1-4H3;4*1-2H3,(H,4,5);2*2H,1H3;2*1H3,(H,3,4);1-2H3;3*1H4;7*1H2;;/i;;;;;;;;;;;1D;;;;;;;;;;;. The Labute approximate surface area is 508 Å². The number of carboxylic acids is 2. The quantitative estimate of drug-likeness (QED) is 0.183. The molecular weight excluding hydrogens is 1150 g/mol. The third kappa shape index (κ3) is 139. The fraction of sp³-hybridized carbons (Fsp3) is 0.592. The molecule has 2 radical (unpaired) electrons. The maximum absolute atomic E-state index is 9.70. The molecule has 1 aliphatic carbocycles. The minimum absolute atomic E-state index is 0. The van der Waals surface area contributed by atoms with E-state index in [-0.39, 0.29) is 142 Å². The van der Waals surface area contributed by atoms with Crippen molar-refractivity contribution in [1.29, 1.82) is 0 Å². The fourth-order valence-electron chi connectivity index (χ4n) is 4.03. The van der Waals surface area contributed by atoms with Crippen molar-refractivity contribution in [3.63, 3.8) is 0 Å². The number of aryl methyl sites for hydroxylation is 2. The van der Waals surface area contributed by atoms with Crippen LogP contribution in [0.5, 0.6) is 0 Å². The molecule has 1 fully saturated rings. The van der Waals surface area contributed by atoms with E-state index in [0.717, 1.165) is 48.9 Å². The van der Waals surface area contributed by atoms with Crippen LogP contribution in [0.4, 0.5) is 11.4 Å². The number of carbonyl (C=O) groups is 8. The van der Waals surface area contributed by atoms with Gasteiger partial charge in [-0.25, -0.2) is 0 Å². The van der Waals surface area contributed by atoms with Gasteiger partial charge in [0.25, 0.3) is 24.9 Å². The van der Waals surface area contributed by atoms with Crippen LogP contribution in [-0.2, 0) is 113 Å². The van der Waals surface area contributed by atoms with E-state index < -0.39 is 11.9 Å². The van der Waals surface area contributed by atoms with Crippen molar-refractivity contribution in [2.24, 2.45) is 33.9 Å². The van der Waals surface area contributed by atoms with Gasteiger partial charge in [0.2, 0.25) is 23.6 Å². The van der Waals surface area contributed by atoms with E-state index in [2.05, 4.69) is 82.5 Å². The van der Waals surface area contributed by atoms with Gasteiger partial charge in [0.05, 0.1) is 25.6 Å². The molecular formula is C49H110N6O19Y2. The first kappa shape index (κ1) is 129. The van der Waals surface area contributed by atoms with E-state index in [1.807, 2.05) is 62.4 Å². The number of hydrogen-bond donors (Lipinski definition) is 6. The Morgan fingerprint density at radius 3 is 0.816 bits per heavy atom. The van der Waals surface area contributed by atoms with Crippen molar-refractivity contribution in [3.05, 3.63) is 59.7 Å². The predicted octanol–water partition coefficient (Wildman–Crippen LogP) is 3.97. The van der Waals surface area contributed by atoms with Gasteiger partial charge in [-0.15, -0.1) is 0 Å². The number of azo groups is 1. The molecule has 0 bridgehead atoms. The van der Waals surface area contributed by atoms with Gasteiger partial charge in [-0.05, 0) is 68.2 Å². The van der Waals surface area contributed by atoms with E-state index in [0.29, 0.717) is 12.9 Å². The SMILES string of the molecule is C.C.CC.CC(=O)O.CC(=O)O.CCC1C(C)CC(C)C1C.CNC(C)=O.CNC(C)=O.CNC(C)=O.CNC(C)=O.COC=O.COC=O.Cc1ccc(N=Nc2ccc(C)cc2)cc1.O.O.O.O.O.O.O.[2H]C.[Y].[Y]. The molecule has 456 valence electrons. The van der Waals surface area contributed by atoms with E-state index in [9.17, 15) is 19.2 Å². The first-order valence-electron chi connectivity index (χ1n) is 21.4. The first-order valence-corrected chi connectivity index (χ1v) is 20.4. The van der Waals surface area contributed by atoms with Crippen LogP contribution in [-0.4, -0.2) is 139 Å². The normalized spacial score (nSPS) is 11.8. The number of aliphatic carboxylic acids is 2. The molecule has 20 N–H and O–H groups in total. The summed E-state index contributed by atoms with van der Waals surface area (Å²) in [5, 5.41) is 32.7. The second-order valence-corrected chi connectivity index (χ2v) is 12.9. The van der Waals surface area contributed by atoms with Crippen molar-refractivity contribution in [1.82, 2.24) is 21.3 Å². The van der Waals surface area contributed by atoms with Crippen LogP contribution in [0.25, 0.3) is 0 Å². The van der Waals surface area contributed by atoms with Crippen LogP contribution < -0.4 is 21.3 Å². The summed E-state index contributed by atoms with van der Waals surface area (Å²) in [5.74, 6) is 2.29. The average Bonchev–Trinajstić information content (AvgIpc) is 3.54. The first-order chi connectivity index (χ1) is 30.8. The molecule has 0 aliphatic heterocycles. The van der Waals surface area contributed by atoms with Gasteiger partial charge < -0.3 is 79.3 Å². The van der Waals surface area contributed by atoms with Crippen LogP contribution in [0, 0.1) is 37.5 Å². The third-order valence-electron chi connectivity index (χ3n) is 7.47. The molecule has 0 spiro atoms. The Hall–Kier alpha value is -4.27. The molecule has 0 heterocycles. The molecule has 2 aromatic carbocycles. The zero-order valence-corrected chi connectivity index (χ0v) is 53.7. The molecule has 76 heavy (non-hydrogen) atoms. The largest absolute Gasteiger partial charge is 0.481 e. The molecule has 4 unspecified atom stereocenters. The predicted molar refractivity (Wildman–Crippen MR) is 301 cm³/mol. The monoisotopic (exact) mass is 1270 g/mol. The van der Waals surface area contributed by atoms with Crippen LogP contribution in [0.2, 0.25) is 0 Å². The van der Waals surface area contributed by atoms with Gasteiger partial charge in [-0.2, -0.15) is 10.2 Å². The molecule has 2 aromatic rings. The summed E-state index contributed by atoms with van der Waals surface area (Å²) in [6, 6.07) is 16.0. The maximum atomic E-state index is 9.70. The van der Waals surface area contributed by atoms with Crippen LogP contribution in [0.1, 0.15) is 131 Å². The number of rotatable bonds is 5. The summed E-state index contributed by atoms with van der Waals surface area (Å²) < 4.78 is 13.5. The number of hydrogen-bond acceptors (Lipinski definition) is 12. The van der Waals surface area contributed by atoms with E-state index in [1.54, 1.807) is 28.2 Å². The molecule has 1 aliphatic rings. The van der Waals surface area contributed by atoms with Crippen molar-refractivity contribution < 1.29 is 163 Å². The minimum atomic E-state index is -0.833. The molecule has 3 rings (SSSR count). The number of carboxylic acid groups (broad SMARTS) is 2. The Kier molecular flexibility index (Phi) is 175. The summed E-state index contributed by atoms with van der Waals surface area (Å²) in [4.78, 5) is 74.7. The average molecular weight is 1270 g/mol. The Morgan fingerprint density at radius 2 is 0.724 bits per heavy atom. The van der Waals surface area contributed by atoms with Gasteiger partial charge in [0, 0.05) is 137 Å². The topological polar surface area (TPSA) is 489 Å². The molecule has 0 aromatic heterocycles. The zero-order valence-electron chi connectivity index (χ0n) is 49.0. The molecule has 4 amide bonds. The molecule has 25 nitrogen and oxygen atoms in total. The number of methoxy groups -OCH3 is 2. The van der Waals surface area contributed by atoms with Gasteiger partial charge in [-0.1, -0.05) is 106 Å². The van der Waals surface area contributed by atoms with Crippen LogP contribution in [0.15, 0.2) is 58.8 Å². The van der Waals surface area contributed by atoms with Gasteiger partial charge in [-0.3, -0.25) is 38.4 Å². The number of benzene rings is 2. The molecule has 27 heteroatoms.